The number of hydrogen-bond donors (Lipinski definition) is 1. The zero-order chi connectivity index (χ0) is 14.4. The number of hydrogen-bond acceptors (Lipinski definition) is 2. The van der Waals surface area contributed by atoms with E-state index in [4.69, 9.17) is 0 Å². The Morgan fingerprint density at radius 2 is 1.90 bits per heavy atom. The van der Waals surface area contributed by atoms with E-state index >= 15 is 0 Å². The van der Waals surface area contributed by atoms with Crippen LogP contribution in [0.2, 0.25) is 0 Å². The normalized spacial score (nSPS) is 12.3. The molecule has 0 fully saturated rings. The molecule has 1 atom stereocenters. The van der Waals surface area contributed by atoms with E-state index in [1.165, 1.54) is 20.5 Å². The Balaban J connectivity index is 2.02. The minimum Gasteiger partial charge on any atom is -0.310 e. The van der Waals surface area contributed by atoms with Gasteiger partial charge in [0.25, 0.3) is 0 Å². The Hall–Kier alpha value is -0.770. The van der Waals surface area contributed by atoms with E-state index in [0.29, 0.717) is 6.04 Å². The monoisotopic (exact) mass is 349 g/mol. The summed E-state index contributed by atoms with van der Waals surface area (Å²) in [6.45, 7) is 5.32. The summed E-state index contributed by atoms with van der Waals surface area (Å²) >= 11 is 5.56. The third-order valence-corrected chi connectivity index (χ3v) is 5.27. The second-order valence-electron chi connectivity index (χ2n) is 4.74. The Morgan fingerprint density at radius 3 is 2.55 bits per heavy atom. The molecule has 0 aliphatic rings. The quantitative estimate of drug-likeness (QED) is 0.699. The minimum absolute atomic E-state index is 0.393. The van der Waals surface area contributed by atoms with Crippen LogP contribution in [0, 0.1) is 0 Å². The van der Waals surface area contributed by atoms with Gasteiger partial charge in [-0.05, 0) is 52.7 Å². The molecule has 0 amide bonds. The molecular weight excluding hydrogens is 330 g/mol. The van der Waals surface area contributed by atoms with Gasteiger partial charge in [0, 0.05) is 21.2 Å². The van der Waals surface area contributed by atoms with Crippen LogP contribution in [-0.2, 0) is 5.75 Å². The van der Waals surface area contributed by atoms with E-state index in [0.717, 1.165) is 12.3 Å². The summed E-state index contributed by atoms with van der Waals surface area (Å²) in [6, 6.07) is 17.6. The van der Waals surface area contributed by atoms with Gasteiger partial charge >= 0.3 is 0 Å². The lowest BCUT2D eigenvalue weighted by molar-refractivity contribution is 0.597. The van der Waals surface area contributed by atoms with Crippen molar-refractivity contribution >= 4 is 27.7 Å². The highest BCUT2D eigenvalue weighted by Gasteiger charge is 2.07. The van der Waals surface area contributed by atoms with Crippen LogP contribution in [0.15, 0.2) is 57.9 Å². The first-order chi connectivity index (χ1) is 9.70. The van der Waals surface area contributed by atoms with E-state index in [1.54, 1.807) is 0 Å². The lowest BCUT2D eigenvalue weighted by atomic mass is 10.1. The molecule has 3 heteroatoms. The molecule has 0 radical (unpaired) electrons. The van der Waals surface area contributed by atoms with Gasteiger partial charge in [-0.25, -0.2) is 0 Å². The summed E-state index contributed by atoms with van der Waals surface area (Å²) < 4.78 is 1.18. The second-order valence-corrected chi connectivity index (χ2v) is 6.62. The van der Waals surface area contributed by atoms with E-state index in [9.17, 15) is 0 Å². The first-order valence-electron chi connectivity index (χ1n) is 6.90. The van der Waals surface area contributed by atoms with Gasteiger partial charge in [-0.2, -0.15) is 0 Å². The molecule has 0 saturated heterocycles. The van der Waals surface area contributed by atoms with Crippen LogP contribution in [0.3, 0.4) is 0 Å². The summed E-state index contributed by atoms with van der Waals surface area (Å²) in [5.74, 6) is 1.00. The van der Waals surface area contributed by atoms with Crippen LogP contribution in [-0.4, -0.2) is 6.54 Å². The fourth-order valence-corrected chi connectivity index (χ4v) is 3.68. The molecule has 0 saturated carbocycles. The maximum Gasteiger partial charge on any atom is 0.0314 e. The molecule has 0 aliphatic carbocycles. The van der Waals surface area contributed by atoms with Crippen LogP contribution < -0.4 is 5.32 Å². The average molecular weight is 350 g/mol. The highest BCUT2D eigenvalue weighted by Crippen LogP contribution is 2.32. The lowest BCUT2D eigenvalue weighted by Crippen LogP contribution is -2.17. The minimum atomic E-state index is 0.393. The number of halogens is 1. The van der Waals surface area contributed by atoms with Crippen molar-refractivity contribution in [2.24, 2.45) is 0 Å². The van der Waals surface area contributed by atoms with Crippen molar-refractivity contribution in [3.05, 3.63) is 64.1 Å². The Bertz CT molecular complexity index is 542. The van der Waals surface area contributed by atoms with E-state index in [2.05, 4.69) is 83.6 Å². The van der Waals surface area contributed by atoms with Gasteiger partial charge in [0.15, 0.2) is 0 Å². The molecule has 2 rings (SSSR count). The molecule has 0 heterocycles. The van der Waals surface area contributed by atoms with Crippen molar-refractivity contribution in [1.29, 1.82) is 0 Å². The first kappa shape index (κ1) is 15.6. The highest BCUT2D eigenvalue weighted by atomic mass is 79.9. The smallest absolute Gasteiger partial charge is 0.0314 e. The Morgan fingerprint density at radius 1 is 1.15 bits per heavy atom. The SMILES string of the molecule is CCNC(C)c1ccc(SCc2ccccc2)c(Br)c1. The molecule has 0 aromatic heterocycles. The van der Waals surface area contributed by atoms with Gasteiger partial charge in [-0.1, -0.05) is 43.3 Å². The summed E-state index contributed by atoms with van der Waals surface area (Å²) in [5, 5.41) is 3.44. The van der Waals surface area contributed by atoms with Gasteiger partial charge < -0.3 is 5.32 Å². The van der Waals surface area contributed by atoms with Gasteiger partial charge in [-0.15, -0.1) is 11.8 Å². The predicted octanol–water partition coefficient (Wildman–Crippen LogP) is 5.41. The molecule has 20 heavy (non-hydrogen) atoms. The van der Waals surface area contributed by atoms with Crippen LogP contribution in [0.5, 0.6) is 0 Å². The van der Waals surface area contributed by atoms with Crippen LogP contribution in [0.1, 0.15) is 31.0 Å². The van der Waals surface area contributed by atoms with E-state index in [-0.39, 0.29) is 0 Å². The molecular formula is C17H20BrNS. The fraction of sp³-hybridized carbons (Fsp3) is 0.294. The zero-order valence-corrected chi connectivity index (χ0v) is 14.3. The summed E-state index contributed by atoms with van der Waals surface area (Å²) in [5.41, 5.74) is 2.68. The number of benzene rings is 2. The largest absolute Gasteiger partial charge is 0.310 e. The topological polar surface area (TPSA) is 12.0 Å². The van der Waals surface area contributed by atoms with Crippen molar-refractivity contribution in [3.8, 4) is 0 Å². The third kappa shape index (κ3) is 4.37. The van der Waals surface area contributed by atoms with E-state index < -0.39 is 0 Å². The predicted molar refractivity (Wildman–Crippen MR) is 92.2 cm³/mol. The molecule has 2 aromatic carbocycles. The summed E-state index contributed by atoms with van der Waals surface area (Å²) in [7, 11) is 0. The molecule has 1 nitrogen and oxygen atoms in total. The lowest BCUT2D eigenvalue weighted by Gasteiger charge is -2.14. The molecule has 0 bridgehead atoms. The third-order valence-electron chi connectivity index (χ3n) is 3.20. The highest BCUT2D eigenvalue weighted by molar-refractivity contribution is 9.10. The number of thioether (sulfide) groups is 1. The zero-order valence-electron chi connectivity index (χ0n) is 11.9. The summed E-state index contributed by atoms with van der Waals surface area (Å²) in [6.07, 6.45) is 0. The van der Waals surface area contributed by atoms with Crippen LogP contribution in [0.25, 0.3) is 0 Å². The molecule has 0 aliphatic heterocycles. The molecule has 0 spiro atoms. The maximum atomic E-state index is 3.69. The van der Waals surface area contributed by atoms with Crippen LogP contribution in [0.4, 0.5) is 0 Å². The van der Waals surface area contributed by atoms with Gasteiger partial charge in [-0.3, -0.25) is 0 Å². The van der Waals surface area contributed by atoms with Gasteiger partial charge in [0.2, 0.25) is 0 Å². The second kappa shape index (κ2) is 7.87. The number of rotatable bonds is 6. The van der Waals surface area contributed by atoms with Crippen LogP contribution >= 0.6 is 27.7 Å². The molecule has 106 valence electrons. The van der Waals surface area contributed by atoms with Crippen molar-refractivity contribution in [1.82, 2.24) is 5.32 Å². The van der Waals surface area contributed by atoms with Gasteiger partial charge in [0.05, 0.1) is 0 Å². The van der Waals surface area contributed by atoms with Crippen molar-refractivity contribution in [2.75, 3.05) is 6.54 Å². The van der Waals surface area contributed by atoms with E-state index in [1.807, 2.05) is 11.8 Å². The molecule has 2 aromatic rings. The summed E-state index contributed by atoms with van der Waals surface area (Å²) in [4.78, 5) is 1.29. The number of nitrogens with one attached hydrogen (secondary N) is 1. The van der Waals surface area contributed by atoms with Crippen molar-refractivity contribution in [3.63, 3.8) is 0 Å². The van der Waals surface area contributed by atoms with Crippen molar-refractivity contribution < 1.29 is 0 Å². The molecule has 1 N–H and O–H groups in total. The standard InChI is InChI=1S/C17H20BrNS/c1-3-19-13(2)15-9-10-17(16(18)11-15)20-12-14-7-5-4-6-8-14/h4-11,13,19H,3,12H2,1-2H3. The average Bonchev–Trinajstić information content (AvgIpc) is 2.47. The first-order valence-corrected chi connectivity index (χ1v) is 8.68. The van der Waals surface area contributed by atoms with Crippen molar-refractivity contribution in [2.45, 2.75) is 30.5 Å². The molecule has 1 unspecified atom stereocenters. The maximum absolute atomic E-state index is 3.69. The van der Waals surface area contributed by atoms with Gasteiger partial charge in [0.1, 0.15) is 0 Å². The Kier molecular flexibility index (Phi) is 6.14. The fourth-order valence-electron chi connectivity index (χ4n) is 2.06. The Labute approximate surface area is 134 Å².